The Morgan fingerprint density at radius 2 is 2.06 bits per heavy atom. The molecule has 1 aliphatic carbocycles. The van der Waals surface area contributed by atoms with Crippen LogP contribution in [0.4, 0.5) is 0 Å². The summed E-state index contributed by atoms with van der Waals surface area (Å²) in [5.74, 6) is 0.111. The Hall–Kier alpha value is -0.170. The molecule has 1 fully saturated rings. The summed E-state index contributed by atoms with van der Waals surface area (Å²) in [6.45, 7) is 4.95. The van der Waals surface area contributed by atoms with Crippen LogP contribution in [0.15, 0.2) is 0 Å². The van der Waals surface area contributed by atoms with Crippen LogP contribution < -0.4 is 10.0 Å². The Balaban J connectivity index is 2.23. The number of aliphatic hydroxyl groups is 1. The summed E-state index contributed by atoms with van der Waals surface area (Å²) in [5, 5.41) is 12.6. The van der Waals surface area contributed by atoms with Gasteiger partial charge in [-0.25, -0.2) is 13.1 Å². The molecule has 0 spiro atoms. The standard InChI is InChI=1S/C11H24N2O3S/c1-3-17(15,16)13-7-10(2)12-8-11(9-14)5-4-6-11/h10,12-14H,3-9H2,1-2H3. The molecule has 0 radical (unpaired) electrons. The van der Waals surface area contributed by atoms with Gasteiger partial charge in [-0.05, 0) is 26.7 Å². The van der Waals surface area contributed by atoms with Crippen LogP contribution in [0.2, 0.25) is 0 Å². The van der Waals surface area contributed by atoms with E-state index in [1.54, 1.807) is 6.92 Å². The SMILES string of the molecule is CCS(=O)(=O)NCC(C)NCC1(CO)CCC1. The molecule has 0 bridgehead atoms. The number of nitrogens with one attached hydrogen (secondary N) is 2. The van der Waals surface area contributed by atoms with Gasteiger partial charge in [0.1, 0.15) is 0 Å². The topological polar surface area (TPSA) is 78.4 Å². The van der Waals surface area contributed by atoms with Crippen molar-refractivity contribution in [3.63, 3.8) is 0 Å². The Morgan fingerprint density at radius 3 is 2.47 bits per heavy atom. The molecule has 0 amide bonds. The van der Waals surface area contributed by atoms with E-state index in [4.69, 9.17) is 0 Å². The largest absolute Gasteiger partial charge is 0.396 e. The molecular formula is C11H24N2O3S. The Morgan fingerprint density at radius 1 is 1.41 bits per heavy atom. The molecule has 1 rings (SSSR count). The molecule has 6 heteroatoms. The summed E-state index contributed by atoms with van der Waals surface area (Å²) in [5.41, 5.74) is 0.0396. The van der Waals surface area contributed by atoms with Crippen LogP contribution >= 0.6 is 0 Å². The maximum absolute atomic E-state index is 11.2. The first-order valence-corrected chi connectivity index (χ1v) is 7.90. The predicted molar refractivity (Wildman–Crippen MR) is 68.3 cm³/mol. The molecule has 0 aromatic heterocycles. The average Bonchev–Trinajstić information content (AvgIpc) is 2.26. The third-order valence-electron chi connectivity index (χ3n) is 3.56. The quantitative estimate of drug-likeness (QED) is 0.579. The van der Waals surface area contributed by atoms with Crippen molar-refractivity contribution in [3.05, 3.63) is 0 Å². The van der Waals surface area contributed by atoms with E-state index in [2.05, 4.69) is 10.0 Å². The third-order valence-corrected chi connectivity index (χ3v) is 4.93. The lowest BCUT2D eigenvalue weighted by molar-refractivity contribution is 0.0427. The van der Waals surface area contributed by atoms with Crippen LogP contribution in [0.25, 0.3) is 0 Å². The number of aliphatic hydroxyl groups excluding tert-OH is 1. The fourth-order valence-electron chi connectivity index (χ4n) is 1.88. The van der Waals surface area contributed by atoms with E-state index in [-0.39, 0.29) is 23.8 Å². The second-order valence-corrected chi connectivity index (χ2v) is 7.14. The normalized spacial score (nSPS) is 20.9. The van der Waals surface area contributed by atoms with Gasteiger partial charge in [0, 0.05) is 31.2 Å². The van der Waals surface area contributed by atoms with Gasteiger partial charge in [0.2, 0.25) is 10.0 Å². The Bertz CT molecular complexity index is 320. The van der Waals surface area contributed by atoms with Gasteiger partial charge in [-0.2, -0.15) is 0 Å². The molecule has 17 heavy (non-hydrogen) atoms. The molecule has 1 unspecified atom stereocenters. The predicted octanol–water partition coefficient (Wildman–Crippen LogP) is 0.0664. The molecule has 0 heterocycles. The van der Waals surface area contributed by atoms with Crippen molar-refractivity contribution in [2.75, 3.05) is 25.4 Å². The summed E-state index contributed by atoms with van der Waals surface area (Å²) < 4.78 is 25.0. The highest BCUT2D eigenvalue weighted by Crippen LogP contribution is 2.39. The third kappa shape index (κ3) is 4.54. The van der Waals surface area contributed by atoms with Crippen LogP contribution in [0.1, 0.15) is 33.1 Å². The van der Waals surface area contributed by atoms with Gasteiger partial charge in [0.25, 0.3) is 0 Å². The zero-order valence-corrected chi connectivity index (χ0v) is 11.5. The first-order chi connectivity index (χ1) is 7.93. The van der Waals surface area contributed by atoms with Crippen LogP contribution in [-0.4, -0.2) is 45.0 Å². The van der Waals surface area contributed by atoms with Crippen molar-refractivity contribution in [2.45, 2.75) is 39.2 Å². The van der Waals surface area contributed by atoms with Gasteiger partial charge in [-0.1, -0.05) is 6.42 Å². The molecule has 1 aliphatic rings. The molecule has 0 aromatic carbocycles. The van der Waals surface area contributed by atoms with Crippen molar-refractivity contribution in [1.82, 2.24) is 10.0 Å². The van der Waals surface area contributed by atoms with E-state index in [0.29, 0.717) is 6.54 Å². The molecule has 1 atom stereocenters. The average molecular weight is 264 g/mol. The second kappa shape index (κ2) is 6.13. The minimum absolute atomic E-state index is 0.0396. The highest BCUT2D eigenvalue weighted by molar-refractivity contribution is 7.89. The summed E-state index contributed by atoms with van der Waals surface area (Å²) in [6, 6.07) is 0.0837. The first-order valence-electron chi connectivity index (χ1n) is 6.25. The number of sulfonamides is 1. The van der Waals surface area contributed by atoms with E-state index >= 15 is 0 Å². The summed E-state index contributed by atoms with van der Waals surface area (Å²) in [7, 11) is -3.10. The number of hydrogen-bond acceptors (Lipinski definition) is 4. The van der Waals surface area contributed by atoms with Gasteiger partial charge in [-0.15, -0.1) is 0 Å². The molecule has 1 saturated carbocycles. The van der Waals surface area contributed by atoms with Crippen molar-refractivity contribution < 1.29 is 13.5 Å². The lowest BCUT2D eigenvalue weighted by atomic mass is 9.69. The van der Waals surface area contributed by atoms with Crippen LogP contribution in [0, 0.1) is 5.41 Å². The summed E-state index contributed by atoms with van der Waals surface area (Å²) in [4.78, 5) is 0. The van der Waals surface area contributed by atoms with E-state index < -0.39 is 10.0 Å². The highest BCUT2D eigenvalue weighted by atomic mass is 32.2. The van der Waals surface area contributed by atoms with Crippen molar-refractivity contribution in [3.8, 4) is 0 Å². The Labute approximate surface area is 104 Å². The first kappa shape index (κ1) is 14.9. The molecule has 0 aliphatic heterocycles. The maximum Gasteiger partial charge on any atom is 0.211 e. The zero-order valence-electron chi connectivity index (χ0n) is 10.7. The van der Waals surface area contributed by atoms with E-state index in [1.165, 1.54) is 6.42 Å². The summed E-state index contributed by atoms with van der Waals surface area (Å²) >= 11 is 0. The molecule has 3 N–H and O–H groups in total. The van der Waals surface area contributed by atoms with Crippen LogP contribution in [0.5, 0.6) is 0 Å². The smallest absolute Gasteiger partial charge is 0.211 e. The van der Waals surface area contributed by atoms with E-state index in [0.717, 1.165) is 19.4 Å². The van der Waals surface area contributed by atoms with Crippen LogP contribution in [0.3, 0.4) is 0 Å². The number of hydrogen-bond donors (Lipinski definition) is 3. The minimum atomic E-state index is -3.10. The molecule has 5 nitrogen and oxygen atoms in total. The van der Waals surface area contributed by atoms with Gasteiger partial charge < -0.3 is 10.4 Å². The minimum Gasteiger partial charge on any atom is -0.396 e. The highest BCUT2D eigenvalue weighted by Gasteiger charge is 2.36. The van der Waals surface area contributed by atoms with Gasteiger partial charge in [0.15, 0.2) is 0 Å². The van der Waals surface area contributed by atoms with Gasteiger partial charge in [0.05, 0.1) is 5.75 Å². The molecular weight excluding hydrogens is 240 g/mol. The van der Waals surface area contributed by atoms with Gasteiger partial charge in [-0.3, -0.25) is 0 Å². The molecule has 0 saturated heterocycles. The van der Waals surface area contributed by atoms with Crippen molar-refractivity contribution in [2.24, 2.45) is 5.41 Å². The van der Waals surface area contributed by atoms with E-state index in [1.807, 2.05) is 6.92 Å². The lowest BCUT2D eigenvalue weighted by Crippen LogP contribution is -2.48. The molecule has 0 aromatic rings. The lowest BCUT2D eigenvalue weighted by Gasteiger charge is -2.41. The Kier molecular flexibility index (Phi) is 5.37. The monoisotopic (exact) mass is 264 g/mol. The van der Waals surface area contributed by atoms with Gasteiger partial charge >= 0.3 is 0 Å². The van der Waals surface area contributed by atoms with Crippen LogP contribution in [-0.2, 0) is 10.0 Å². The van der Waals surface area contributed by atoms with Crippen molar-refractivity contribution >= 4 is 10.0 Å². The zero-order chi connectivity index (χ0) is 12.9. The van der Waals surface area contributed by atoms with E-state index in [9.17, 15) is 13.5 Å². The van der Waals surface area contributed by atoms with Crippen molar-refractivity contribution in [1.29, 1.82) is 0 Å². The summed E-state index contributed by atoms with van der Waals surface area (Å²) in [6.07, 6.45) is 3.30. The number of rotatable bonds is 8. The fourth-order valence-corrected chi connectivity index (χ4v) is 2.59. The molecule has 102 valence electrons. The second-order valence-electron chi connectivity index (χ2n) is 5.05. The maximum atomic E-state index is 11.2. The fraction of sp³-hybridized carbons (Fsp3) is 1.00.